The molecule has 0 radical (unpaired) electrons. The van der Waals surface area contributed by atoms with Crippen LogP contribution in [-0.4, -0.2) is 73.6 Å². The van der Waals surface area contributed by atoms with Gasteiger partial charge in [-0.05, 0) is 0 Å². The van der Waals surface area contributed by atoms with Gasteiger partial charge in [0.15, 0.2) is 11.8 Å². The summed E-state index contributed by atoms with van der Waals surface area (Å²) in [6, 6.07) is 0. The van der Waals surface area contributed by atoms with E-state index in [1.54, 1.807) is 0 Å². The van der Waals surface area contributed by atoms with E-state index in [1.165, 1.54) is 0 Å². The van der Waals surface area contributed by atoms with Crippen LogP contribution < -0.4 is 0 Å². The second-order valence-electron chi connectivity index (χ2n) is 2.57. The molecule has 0 aliphatic carbocycles. The van der Waals surface area contributed by atoms with E-state index in [0.29, 0.717) is 0 Å². The van der Waals surface area contributed by atoms with Crippen molar-refractivity contribution in [3.8, 4) is 0 Å². The average Bonchev–Trinajstić information content (AvgIpc) is 2.24. The lowest BCUT2D eigenvalue weighted by atomic mass is 10.0. The lowest BCUT2D eigenvalue weighted by Gasteiger charge is -2.22. The van der Waals surface area contributed by atoms with E-state index >= 15 is 0 Å². The fourth-order valence-electron chi connectivity index (χ4n) is 0.618. The lowest BCUT2D eigenvalue weighted by molar-refractivity contribution is -0.362. The number of aliphatic hydroxyl groups excluding tert-OH is 5. The molecule has 0 aromatic rings. The van der Waals surface area contributed by atoms with Gasteiger partial charge in [0, 0.05) is 0 Å². The van der Waals surface area contributed by atoms with Gasteiger partial charge in [0.1, 0.15) is 24.4 Å². The Morgan fingerprint density at radius 1 is 1.12 bits per heavy atom. The first-order valence-electron chi connectivity index (χ1n) is 3.86. The highest BCUT2D eigenvalue weighted by Crippen LogP contribution is 2.02. The molecule has 0 aliphatic rings. The van der Waals surface area contributed by atoms with E-state index in [0.717, 1.165) is 0 Å². The number of hydrogen-bond donors (Lipinski definition) is 6. The Morgan fingerprint density at radius 3 is 1.75 bits per heavy atom. The predicted molar refractivity (Wildman–Crippen MR) is 43.0 cm³/mol. The van der Waals surface area contributed by atoms with Crippen molar-refractivity contribution in [2.75, 3.05) is 6.61 Å². The molecule has 0 rings (SSSR count). The van der Waals surface area contributed by atoms with Crippen LogP contribution in [0.2, 0.25) is 0 Å². The fraction of sp³-hybridized carbons (Fsp3) is 0.833. The van der Waals surface area contributed by atoms with Crippen LogP contribution in [0.1, 0.15) is 0 Å². The maximum absolute atomic E-state index is 9.90. The van der Waals surface area contributed by atoms with Crippen molar-refractivity contribution in [3.05, 3.63) is 0 Å². The minimum Gasteiger partial charge on any atom is -0.394 e. The molecule has 0 fully saturated rings. The topological polar surface area (TPSA) is 142 Å². The minimum atomic E-state index is -2.00. The Bertz CT molecular complexity index is 182. The largest absolute Gasteiger partial charge is 0.394 e. The van der Waals surface area contributed by atoms with Crippen LogP contribution in [0.5, 0.6) is 0 Å². The van der Waals surface area contributed by atoms with E-state index in [-0.39, 0.29) is 6.29 Å². The van der Waals surface area contributed by atoms with Crippen molar-refractivity contribution < 1.29 is 44.5 Å². The van der Waals surface area contributed by atoms with Gasteiger partial charge >= 0.3 is 0 Å². The van der Waals surface area contributed by atoms with E-state index < -0.39 is 36.5 Å². The van der Waals surface area contributed by atoms with Crippen LogP contribution >= 0.6 is 0 Å². The normalized spacial score (nSPS) is 18.1. The molecule has 6 N–H and O–H groups in total. The molecule has 0 saturated carbocycles. The van der Waals surface area contributed by atoms with Crippen molar-refractivity contribution in [1.29, 1.82) is 0 Å². The Hall–Kier alpha value is -0.750. The SMILES string of the molecule is O=C[C@@H](O)[C@@H](O)[C@H](O)[C@H](O)CO.ON(F)F. The summed E-state index contributed by atoms with van der Waals surface area (Å²) in [5.41, 5.74) is -2.00. The highest BCUT2D eigenvalue weighted by molar-refractivity contribution is 5.56. The van der Waals surface area contributed by atoms with Crippen molar-refractivity contribution in [2.45, 2.75) is 24.4 Å². The third-order valence-corrected chi connectivity index (χ3v) is 1.42. The Balaban J connectivity index is 0. The van der Waals surface area contributed by atoms with Gasteiger partial charge in [-0.3, -0.25) is 5.21 Å². The number of halogens is 2. The number of carbonyl (C=O) groups excluding carboxylic acids is 1. The number of rotatable bonds is 5. The Labute approximate surface area is 88.4 Å². The van der Waals surface area contributed by atoms with Gasteiger partial charge in [-0.2, -0.15) is 0 Å². The molecule has 0 spiro atoms. The summed E-state index contributed by atoms with van der Waals surface area (Å²) >= 11 is 0. The van der Waals surface area contributed by atoms with Gasteiger partial charge in [0.2, 0.25) is 0 Å². The molecule has 8 nitrogen and oxygen atoms in total. The average molecular weight is 249 g/mol. The number of nitrogens with zero attached hydrogens (tertiary/aromatic N) is 1. The van der Waals surface area contributed by atoms with Gasteiger partial charge < -0.3 is 30.3 Å². The summed E-state index contributed by atoms with van der Waals surface area (Å²) < 4.78 is 19.4. The standard InChI is InChI=1S/C6H12O6.F2HNO/c7-1-3(9)5(11)6(12)4(10)2-8;1-3(2)4/h1,3-6,8-12H,2H2;4H/t3-,4-,5-,6-;/m1./s1. The molecule has 10 heteroatoms. The molecule has 0 aromatic carbocycles. The number of hydrogen-bond acceptors (Lipinski definition) is 8. The molecule has 0 unspecified atom stereocenters. The smallest absolute Gasteiger partial charge is 0.157 e. The van der Waals surface area contributed by atoms with Gasteiger partial charge in [-0.25, -0.2) is 0 Å². The molecular formula is C6H13F2NO7. The second-order valence-corrected chi connectivity index (χ2v) is 2.57. The molecule has 0 aromatic heterocycles. The number of aldehydes is 1. The maximum Gasteiger partial charge on any atom is 0.157 e. The number of carbonyl (C=O) groups is 1. The number of aliphatic hydroxyl groups is 5. The second kappa shape index (κ2) is 9.47. The first-order valence-corrected chi connectivity index (χ1v) is 3.86. The first-order chi connectivity index (χ1) is 7.27. The van der Waals surface area contributed by atoms with Crippen molar-refractivity contribution in [3.63, 3.8) is 0 Å². The minimum absolute atomic E-state index is 0.0258. The summed E-state index contributed by atoms with van der Waals surface area (Å²) in [7, 11) is 0. The monoisotopic (exact) mass is 249 g/mol. The van der Waals surface area contributed by atoms with E-state index in [2.05, 4.69) is 0 Å². The van der Waals surface area contributed by atoms with E-state index in [4.69, 9.17) is 30.7 Å². The molecule has 0 saturated heterocycles. The third kappa shape index (κ3) is 8.55. The lowest BCUT2D eigenvalue weighted by Crippen LogP contribution is -2.46. The Kier molecular flexibility index (Phi) is 10.4. The van der Waals surface area contributed by atoms with Crippen LogP contribution in [-0.2, 0) is 4.79 Å². The van der Waals surface area contributed by atoms with Crippen LogP contribution in [0.15, 0.2) is 0 Å². The van der Waals surface area contributed by atoms with E-state index in [9.17, 15) is 13.8 Å². The first kappa shape index (κ1) is 17.6. The van der Waals surface area contributed by atoms with Crippen molar-refractivity contribution in [1.82, 2.24) is 5.51 Å². The molecule has 98 valence electrons. The van der Waals surface area contributed by atoms with Crippen LogP contribution in [0.25, 0.3) is 0 Å². The van der Waals surface area contributed by atoms with Gasteiger partial charge in [0.05, 0.1) is 6.61 Å². The summed E-state index contributed by atoms with van der Waals surface area (Å²) in [6.45, 7) is -0.760. The molecule has 0 bridgehead atoms. The van der Waals surface area contributed by atoms with Gasteiger partial charge in [-0.15, -0.1) is 0 Å². The fourth-order valence-corrected chi connectivity index (χ4v) is 0.618. The summed E-state index contributed by atoms with van der Waals surface area (Å²) in [5.74, 6) is 0. The zero-order chi connectivity index (χ0) is 13.3. The highest BCUT2D eigenvalue weighted by atomic mass is 19.4. The van der Waals surface area contributed by atoms with Crippen LogP contribution in [0.3, 0.4) is 0 Å². The molecule has 4 atom stereocenters. The molecule has 0 heterocycles. The zero-order valence-corrected chi connectivity index (χ0v) is 7.89. The third-order valence-electron chi connectivity index (χ3n) is 1.42. The van der Waals surface area contributed by atoms with Gasteiger partial charge in [0.25, 0.3) is 0 Å². The van der Waals surface area contributed by atoms with E-state index in [1.807, 2.05) is 0 Å². The van der Waals surface area contributed by atoms with Crippen LogP contribution in [0.4, 0.5) is 8.96 Å². The van der Waals surface area contributed by atoms with Crippen molar-refractivity contribution >= 4 is 6.29 Å². The molecule has 0 amide bonds. The maximum atomic E-state index is 9.90. The molecule has 0 aliphatic heterocycles. The summed E-state index contributed by atoms with van der Waals surface area (Å²) in [5, 5.41) is 50.1. The van der Waals surface area contributed by atoms with Gasteiger partial charge in [-0.1, -0.05) is 8.96 Å². The quantitative estimate of drug-likeness (QED) is 0.173. The van der Waals surface area contributed by atoms with Crippen LogP contribution in [0, 0.1) is 0 Å². The zero-order valence-electron chi connectivity index (χ0n) is 7.89. The molecule has 16 heavy (non-hydrogen) atoms. The molecular weight excluding hydrogens is 236 g/mol. The Morgan fingerprint density at radius 2 is 1.50 bits per heavy atom. The van der Waals surface area contributed by atoms with Crippen molar-refractivity contribution in [2.24, 2.45) is 0 Å². The summed E-state index contributed by atoms with van der Waals surface area (Å²) in [6.07, 6.45) is -6.84. The highest BCUT2D eigenvalue weighted by Gasteiger charge is 2.29. The summed E-state index contributed by atoms with van der Waals surface area (Å²) in [4.78, 5) is 9.90. The predicted octanol–water partition coefficient (Wildman–Crippen LogP) is -2.93.